The van der Waals surface area contributed by atoms with E-state index in [2.05, 4.69) is 42.2 Å². The topological polar surface area (TPSA) is 59.9 Å². The van der Waals surface area contributed by atoms with E-state index in [9.17, 15) is 8.42 Å². The fourth-order valence-corrected chi connectivity index (χ4v) is 4.45. The molecule has 1 aromatic carbocycles. The van der Waals surface area contributed by atoms with Gasteiger partial charge in [-0.3, -0.25) is 0 Å². The van der Waals surface area contributed by atoms with Crippen LogP contribution in [0.25, 0.3) is 0 Å². The Morgan fingerprint density at radius 2 is 1.95 bits per heavy atom. The zero-order valence-electron chi connectivity index (χ0n) is 11.6. The van der Waals surface area contributed by atoms with E-state index in [-0.39, 0.29) is 4.34 Å². The van der Waals surface area contributed by atoms with Crippen LogP contribution in [-0.4, -0.2) is 24.9 Å². The highest BCUT2D eigenvalue weighted by Gasteiger charge is 2.14. The van der Waals surface area contributed by atoms with E-state index >= 15 is 0 Å². The number of nitrogens with zero attached hydrogens (tertiary/aromatic N) is 2. The van der Waals surface area contributed by atoms with E-state index in [1.54, 1.807) is 11.8 Å². The lowest BCUT2D eigenvalue weighted by molar-refractivity contribution is 0.600. The van der Waals surface area contributed by atoms with E-state index in [1.807, 2.05) is 0 Å². The van der Waals surface area contributed by atoms with E-state index < -0.39 is 9.84 Å². The van der Waals surface area contributed by atoms with Crippen molar-refractivity contribution in [3.8, 4) is 0 Å². The van der Waals surface area contributed by atoms with Crippen molar-refractivity contribution in [2.24, 2.45) is 0 Å². The van der Waals surface area contributed by atoms with Gasteiger partial charge in [0.15, 0.2) is 0 Å². The van der Waals surface area contributed by atoms with Crippen LogP contribution in [0.2, 0.25) is 0 Å². The molecular weight excluding hydrogens is 312 g/mol. The van der Waals surface area contributed by atoms with Crippen molar-refractivity contribution in [2.75, 3.05) is 6.26 Å². The van der Waals surface area contributed by atoms with Crippen molar-refractivity contribution in [3.05, 3.63) is 39.9 Å². The van der Waals surface area contributed by atoms with Crippen LogP contribution >= 0.6 is 23.1 Å². The molecular formula is C13H16N2O2S3. The molecule has 0 aliphatic carbocycles. The second-order valence-electron chi connectivity index (χ2n) is 4.66. The van der Waals surface area contributed by atoms with Crippen molar-refractivity contribution in [3.63, 3.8) is 0 Å². The highest BCUT2D eigenvalue weighted by atomic mass is 32.2. The quantitative estimate of drug-likeness (QED) is 0.844. The summed E-state index contributed by atoms with van der Waals surface area (Å²) in [5, 5.41) is 8.39. The average Bonchev–Trinajstić information content (AvgIpc) is 2.82. The first-order valence-corrected chi connectivity index (χ1v) is 9.89. The minimum atomic E-state index is -3.24. The third kappa shape index (κ3) is 4.04. The third-order valence-electron chi connectivity index (χ3n) is 2.75. The van der Waals surface area contributed by atoms with Crippen LogP contribution in [0, 0.1) is 13.8 Å². The number of hydrogen-bond donors (Lipinski definition) is 0. The maximum atomic E-state index is 11.3. The molecule has 0 radical (unpaired) electrons. The molecule has 0 saturated heterocycles. The molecule has 1 aromatic heterocycles. The Hall–Kier alpha value is -0.920. The van der Waals surface area contributed by atoms with Gasteiger partial charge in [0.2, 0.25) is 14.2 Å². The summed E-state index contributed by atoms with van der Waals surface area (Å²) in [6, 6.07) is 6.41. The van der Waals surface area contributed by atoms with Crippen LogP contribution in [0.5, 0.6) is 0 Å². The maximum Gasteiger partial charge on any atom is 0.232 e. The first-order chi connectivity index (χ1) is 9.36. The Labute approximate surface area is 127 Å². The van der Waals surface area contributed by atoms with Gasteiger partial charge in [0, 0.05) is 17.8 Å². The van der Waals surface area contributed by atoms with Crippen molar-refractivity contribution >= 4 is 32.9 Å². The summed E-state index contributed by atoms with van der Waals surface area (Å²) in [7, 11) is -3.24. The Bertz CT molecular complexity index is 708. The summed E-state index contributed by atoms with van der Waals surface area (Å²) in [6.07, 6.45) is 1.15. The highest BCUT2D eigenvalue weighted by Crippen LogP contribution is 2.24. The summed E-state index contributed by atoms with van der Waals surface area (Å²) in [6.45, 7) is 4.18. The van der Waals surface area contributed by atoms with Gasteiger partial charge in [-0.15, -0.1) is 22.0 Å². The van der Waals surface area contributed by atoms with Crippen molar-refractivity contribution in [2.45, 2.75) is 29.7 Å². The summed E-state index contributed by atoms with van der Waals surface area (Å²) in [5.41, 5.74) is 3.83. The molecule has 0 aliphatic heterocycles. The molecule has 0 aliphatic rings. The lowest BCUT2D eigenvalue weighted by Crippen LogP contribution is -1.95. The SMILES string of the molecule is Cc1ccc(C)c(CSCc2nnc(S(C)(=O)=O)s2)c1. The molecule has 20 heavy (non-hydrogen) atoms. The molecule has 108 valence electrons. The van der Waals surface area contributed by atoms with Gasteiger partial charge in [-0.2, -0.15) is 0 Å². The van der Waals surface area contributed by atoms with E-state index in [0.717, 1.165) is 28.4 Å². The Morgan fingerprint density at radius 1 is 1.20 bits per heavy atom. The predicted molar refractivity (Wildman–Crippen MR) is 83.9 cm³/mol. The highest BCUT2D eigenvalue weighted by molar-refractivity contribution is 7.97. The number of aryl methyl sites for hydroxylation is 2. The second kappa shape index (κ2) is 6.24. The molecule has 4 nitrogen and oxygen atoms in total. The molecule has 0 bridgehead atoms. The zero-order chi connectivity index (χ0) is 14.8. The lowest BCUT2D eigenvalue weighted by atomic mass is 10.1. The Morgan fingerprint density at radius 3 is 2.60 bits per heavy atom. The number of thioether (sulfide) groups is 1. The number of aromatic nitrogens is 2. The first kappa shape index (κ1) is 15.5. The molecule has 0 spiro atoms. The summed E-state index contributed by atoms with van der Waals surface area (Å²) < 4.78 is 22.7. The first-order valence-electron chi connectivity index (χ1n) is 6.02. The number of benzene rings is 1. The summed E-state index contributed by atoms with van der Waals surface area (Å²) in [5.74, 6) is 1.57. The molecule has 1 heterocycles. The molecule has 7 heteroatoms. The Kier molecular flexibility index (Phi) is 4.82. The van der Waals surface area contributed by atoms with Gasteiger partial charge in [0.25, 0.3) is 0 Å². The normalized spacial score (nSPS) is 11.8. The molecule has 0 fully saturated rings. The second-order valence-corrected chi connectivity index (χ2v) is 8.89. The van der Waals surface area contributed by atoms with Gasteiger partial charge in [0.05, 0.1) is 0 Å². The van der Waals surface area contributed by atoms with Crippen molar-refractivity contribution < 1.29 is 8.42 Å². The Balaban J connectivity index is 1.96. The van der Waals surface area contributed by atoms with Gasteiger partial charge in [-0.05, 0) is 25.0 Å². The largest absolute Gasteiger partial charge is 0.232 e. The van der Waals surface area contributed by atoms with Gasteiger partial charge >= 0.3 is 0 Å². The van der Waals surface area contributed by atoms with Crippen molar-refractivity contribution in [1.29, 1.82) is 0 Å². The monoisotopic (exact) mass is 328 g/mol. The molecule has 2 rings (SSSR count). The predicted octanol–water partition coefficient (Wildman–Crippen LogP) is 2.99. The zero-order valence-corrected chi connectivity index (χ0v) is 14.0. The smallest absolute Gasteiger partial charge is 0.221 e. The average molecular weight is 328 g/mol. The molecule has 0 amide bonds. The lowest BCUT2D eigenvalue weighted by Gasteiger charge is -2.05. The van der Waals surface area contributed by atoms with Gasteiger partial charge < -0.3 is 0 Å². The number of hydrogen-bond acceptors (Lipinski definition) is 6. The standard InChI is InChI=1S/C13H16N2O2S3/c1-9-4-5-10(2)11(6-9)7-18-8-12-14-15-13(19-12)20(3,16)17/h4-6H,7-8H2,1-3H3. The maximum absolute atomic E-state index is 11.3. The van der Waals surface area contributed by atoms with E-state index in [1.165, 1.54) is 16.7 Å². The molecule has 0 unspecified atom stereocenters. The number of rotatable bonds is 5. The minimum Gasteiger partial charge on any atom is -0.221 e. The van der Waals surface area contributed by atoms with Crippen LogP contribution in [-0.2, 0) is 21.3 Å². The van der Waals surface area contributed by atoms with Crippen LogP contribution in [0.15, 0.2) is 22.5 Å². The molecule has 0 N–H and O–H groups in total. The number of sulfone groups is 1. The summed E-state index contributed by atoms with van der Waals surface area (Å²) in [4.78, 5) is 0. The fourth-order valence-electron chi connectivity index (χ4n) is 1.65. The fraction of sp³-hybridized carbons (Fsp3) is 0.385. The molecule has 0 atom stereocenters. The van der Waals surface area contributed by atoms with Crippen LogP contribution < -0.4 is 0 Å². The van der Waals surface area contributed by atoms with Gasteiger partial charge in [-0.1, -0.05) is 35.1 Å². The van der Waals surface area contributed by atoms with E-state index in [4.69, 9.17) is 0 Å². The minimum absolute atomic E-state index is 0.0971. The van der Waals surface area contributed by atoms with Gasteiger partial charge in [0.1, 0.15) is 5.01 Å². The van der Waals surface area contributed by atoms with Crippen molar-refractivity contribution in [1.82, 2.24) is 10.2 Å². The van der Waals surface area contributed by atoms with E-state index in [0.29, 0.717) is 5.75 Å². The van der Waals surface area contributed by atoms with Crippen LogP contribution in [0.4, 0.5) is 0 Å². The van der Waals surface area contributed by atoms with Crippen LogP contribution in [0.1, 0.15) is 21.7 Å². The van der Waals surface area contributed by atoms with Crippen LogP contribution in [0.3, 0.4) is 0 Å². The molecule has 0 saturated carbocycles. The molecule has 2 aromatic rings. The van der Waals surface area contributed by atoms with Gasteiger partial charge in [-0.25, -0.2) is 8.42 Å². The summed E-state index contributed by atoms with van der Waals surface area (Å²) >= 11 is 2.87. The third-order valence-corrected chi connectivity index (χ3v) is 6.52.